The Bertz CT molecular complexity index is 424. The first-order valence-corrected chi connectivity index (χ1v) is 7.21. The van der Waals surface area contributed by atoms with Gasteiger partial charge in [-0.05, 0) is 30.3 Å². The zero-order valence-electron chi connectivity index (χ0n) is 9.87. The summed E-state index contributed by atoms with van der Waals surface area (Å²) in [6, 6.07) is 2.58. The fraction of sp³-hybridized carbons (Fsp3) is 0.667. The van der Waals surface area contributed by atoms with Crippen LogP contribution in [0.15, 0.2) is 0 Å². The van der Waals surface area contributed by atoms with E-state index in [1.165, 1.54) is 43.6 Å². The summed E-state index contributed by atoms with van der Waals surface area (Å²) in [6.45, 7) is 2.25. The van der Waals surface area contributed by atoms with E-state index in [9.17, 15) is 0 Å². The normalized spacial score (nSPS) is 24.3. The topological polar surface area (TPSA) is 48.7 Å². The van der Waals surface area contributed by atoms with Gasteiger partial charge in [-0.1, -0.05) is 37.8 Å². The second-order valence-electron chi connectivity index (χ2n) is 4.57. The van der Waals surface area contributed by atoms with E-state index in [2.05, 4.69) is 22.7 Å². The summed E-state index contributed by atoms with van der Waals surface area (Å²) >= 11 is 7.14. The van der Waals surface area contributed by atoms with E-state index in [4.69, 9.17) is 16.9 Å². The number of anilines is 1. The molecule has 0 aromatic carbocycles. The molecule has 1 heterocycles. The highest BCUT2D eigenvalue weighted by atomic mass is 35.5. The number of hydrogen-bond acceptors (Lipinski definition) is 4. The predicted octanol–water partition coefficient (Wildman–Crippen LogP) is 4.05. The summed E-state index contributed by atoms with van der Waals surface area (Å²) in [4.78, 5) is 0. The quantitative estimate of drug-likeness (QED) is 0.901. The van der Waals surface area contributed by atoms with Gasteiger partial charge in [0, 0.05) is 6.04 Å². The van der Waals surface area contributed by atoms with Gasteiger partial charge in [0.1, 0.15) is 16.6 Å². The van der Waals surface area contributed by atoms with Crippen molar-refractivity contribution >= 4 is 28.1 Å². The molecule has 0 aliphatic heterocycles. The monoisotopic (exact) mass is 269 g/mol. The van der Waals surface area contributed by atoms with Gasteiger partial charge in [-0.15, -0.1) is 0 Å². The zero-order valence-corrected chi connectivity index (χ0v) is 11.4. The second kappa shape index (κ2) is 5.70. The lowest BCUT2D eigenvalue weighted by atomic mass is 9.84. The van der Waals surface area contributed by atoms with E-state index in [0.29, 0.717) is 16.8 Å². The summed E-state index contributed by atoms with van der Waals surface area (Å²) in [5.41, 5.74) is 0.496. The number of hydrogen-bond donors (Lipinski definition) is 1. The van der Waals surface area contributed by atoms with E-state index in [1.807, 2.05) is 0 Å². The van der Waals surface area contributed by atoms with E-state index in [-0.39, 0.29) is 0 Å². The standard InChI is InChI=1S/C12H16ClN3S/c1-2-8-4-3-5-9(6-8)15-12-10(7-14)11(13)16-17-12/h8-9,15H,2-6H2,1H3. The maximum Gasteiger partial charge on any atom is 0.162 e. The third-order valence-corrected chi connectivity index (χ3v) is 4.61. The highest BCUT2D eigenvalue weighted by Crippen LogP contribution is 2.33. The largest absolute Gasteiger partial charge is 0.372 e. The molecule has 2 atom stereocenters. The molecule has 1 aromatic heterocycles. The van der Waals surface area contributed by atoms with Crippen LogP contribution in [0.2, 0.25) is 5.15 Å². The lowest BCUT2D eigenvalue weighted by Gasteiger charge is -2.29. The first-order chi connectivity index (χ1) is 8.24. The van der Waals surface area contributed by atoms with Crippen LogP contribution in [0.3, 0.4) is 0 Å². The first-order valence-electron chi connectivity index (χ1n) is 6.06. The molecule has 0 amide bonds. The molecule has 2 rings (SSSR count). The molecule has 1 N–H and O–H groups in total. The zero-order chi connectivity index (χ0) is 12.3. The highest BCUT2D eigenvalue weighted by molar-refractivity contribution is 7.10. The van der Waals surface area contributed by atoms with E-state index in [1.54, 1.807) is 0 Å². The van der Waals surface area contributed by atoms with Gasteiger partial charge < -0.3 is 5.32 Å². The minimum Gasteiger partial charge on any atom is -0.372 e. The Morgan fingerprint density at radius 1 is 1.59 bits per heavy atom. The van der Waals surface area contributed by atoms with Gasteiger partial charge in [-0.2, -0.15) is 9.64 Å². The molecule has 1 aliphatic carbocycles. The van der Waals surface area contributed by atoms with Crippen LogP contribution >= 0.6 is 23.1 Å². The molecule has 0 radical (unpaired) electrons. The lowest BCUT2D eigenvalue weighted by molar-refractivity contribution is 0.327. The van der Waals surface area contributed by atoms with Crippen molar-refractivity contribution in [3.05, 3.63) is 10.7 Å². The molecule has 1 saturated carbocycles. The summed E-state index contributed by atoms with van der Waals surface area (Å²) in [7, 11) is 0. The van der Waals surface area contributed by atoms with Crippen molar-refractivity contribution < 1.29 is 0 Å². The van der Waals surface area contributed by atoms with Gasteiger partial charge in [0.15, 0.2) is 5.15 Å². The van der Waals surface area contributed by atoms with Crippen LogP contribution in [0.5, 0.6) is 0 Å². The molecule has 3 nitrogen and oxygen atoms in total. The molecule has 92 valence electrons. The Morgan fingerprint density at radius 2 is 2.41 bits per heavy atom. The Labute approximate surface area is 111 Å². The SMILES string of the molecule is CCC1CCCC(Nc2snc(Cl)c2C#N)C1. The Kier molecular flexibility index (Phi) is 4.25. The molecule has 1 fully saturated rings. The molecule has 1 aromatic rings. The van der Waals surface area contributed by atoms with Crippen LogP contribution in [-0.2, 0) is 0 Å². The van der Waals surface area contributed by atoms with Crippen LogP contribution in [0.4, 0.5) is 5.00 Å². The molecule has 2 unspecified atom stereocenters. The van der Waals surface area contributed by atoms with Crippen molar-refractivity contribution in [1.29, 1.82) is 5.26 Å². The van der Waals surface area contributed by atoms with Crippen molar-refractivity contribution in [2.24, 2.45) is 5.92 Å². The Morgan fingerprint density at radius 3 is 3.12 bits per heavy atom. The van der Waals surface area contributed by atoms with Crippen LogP contribution in [-0.4, -0.2) is 10.4 Å². The number of aromatic nitrogens is 1. The average Bonchev–Trinajstić information content (AvgIpc) is 2.70. The molecule has 0 bridgehead atoms. The van der Waals surface area contributed by atoms with Gasteiger partial charge >= 0.3 is 0 Å². The number of nitriles is 1. The summed E-state index contributed by atoms with van der Waals surface area (Å²) in [5, 5.41) is 13.6. The van der Waals surface area contributed by atoms with Crippen molar-refractivity contribution in [3.8, 4) is 6.07 Å². The van der Waals surface area contributed by atoms with Crippen molar-refractivity contribution in [2.45, 2.75) is 45.1 Å². The van der Waals surface area contributed by atoms with Crippen LogP contribution in [0, 0.1) is 17.2 Å². The summed E-state index contributed by atoms with van der Waals surface area (Å²) in [5.74, 6) is 0.815. The number of nitrogens with one attached hydrogen (secondary N) is 1. The van der Waals surface area contributed by atoms with Gasteiger partial charge in [0.2, 0.25) is 0 Å². The van der Waals surface area contributed by atoms with Crippen molar-refractivity contribution in [1.82, 2.24) is 4.37 Å². The summed E-state index contributed by atoms with van der Waals surface area (Å²) < 4.78 is 4.01. The number of nitrogens with zero attached hydrogens (tertiary/aromatic N) is 2. The van der Waals surface area contributed by atoms with Crippen molar-refractivity contribution in [3.63, 3.8) is 0 Å². The van der Waals surface area contributed by atoms with Crippen LogP contribution < -0.4 is 5.32 Å². The Balaban J connectivity index is 2.03. The summed E-state index contributed by atoms with van der Waals surface area (Å²) in [6.07, 6.45) is 6.22. The van der Waals surface area contributed by atoms with Gasteiger partial charge in [-0.3, -0.25) is 0 Å². The van der Waals surface area contributed by atoms with Gasteiger partial charge in [-0.25, -0.2) is 0 Å². The van der Waals surface area contributed by atoms with Gasteiger partial charge in [0.05, 0.1) is 0 Å². The molecule has 1 aliphatic rings. The predicted molar refractivity (Wildman–Crippen MR) is 71.5 cm³/mol. The number of halogens is 1. The minimum atomic E-state index is 0.322. The maximum atomic E-state index is 9.01. The third-order valence-electron chi connectivity index (χ3n) is 3.46. The fourth-order valence-corrected chi connectivity index (χ4v) is 3.46. The Hall–Kier alpha value is -0.790. The molecule has 0 saturated heterocycles. The third kappa shape index (κ3) is 2.91. The van der Waals surface area contributed by atoms with E-state index in [0.717, 1.165) is 10.9 Å². The molecular formula is C12H16ClN3S. The van der Waals surface area contributed by atoms with Crippen LogP contribution in [0.25, 0.3) is 0 Å². The van der Waals surface area contributed by atoms with E-state index >= 15 is 0 Å². The lowest BCUT2D eigenvalue weighted by Crippen LogP contribution is -2.26. The molecule has 0 spiro atoms. The fourth-order valence-electron chi connectivity index (χ4n) is 2.44. The maximum absolute atomic E-state index is 9.01. The number of rotatable bonds is 3. The van der Waals surface area contributed by atoms with E-state index < -0.39 is 0 Å². The first kappa shape index (κ1) is 12.7. The van der Waals surface area contributed by atoms with Gasteiger partial charge in [0.25, 0.3) is 0 Å². The van der Waals surface area contributed by atoms with Crippen LogP contribution in [0.1, 0.15) is 44.6 Å². The minimum absolute atomic E-state index is 0.322. The average molecular weight is 270 g/mol. The highest BCUT2D eigenvalue weighted by Gasteiger charge is 2.22. The molecule has 5 heteroatoms. The molecular weight excluding hydrogens is 254 g/mol. The van der Waals surface area contributed by atoms with Crippen molar-refractivity contribution in [2.75, 3.05) is 5.32 Å². The smallest absolute Gasteiger partial charge is 0.162 e. The second-order valence-corrected chi connectivity index (χ2v) is 5.70. The molecule has 17 heavy (non-hydrogen) atoms.